The van der Waals surface area contributed by atoms with Crippen LogP contribution >= 0.6 is 0 Å². The molecule has 0 aromatic heterocycles. The number of carbonyl (C=O) groups is 2. The summed E-state index contributed by atoms with van der Waals surface area (Å²) in [5.41, 5.74) is 1.80. The van der Waals surface area contributed by atoms with Gasteiger partial charge in [0.1, 0.15) is 11.6 Å². The third-order valence-corrected chi connectivity index (χ3v) is 4.89. The zero-order valence-electron chi connectivity index (χ0n) is 17.5. The highest BCUT2D eigenvalue weighted by molar-refractivity contribution is 5.94. The molecule has 0 aliphatic carbocycles. The fourth-order valence-electron chi connectivity index (χ4n) is 3.48. The molecule has 1 N–H and O–H groups in total. The van der Waals surface area contributed by atoms with Gasteiger partial charge in [-0.25, -0.2) is 4.39 Å². The number of nitrogens with one attached hydrogen (secondary N) is 1. The van der Waals surface area contributed by atoms with Crippen LogP contribution in [-0.4, -0.2) is 43.6 Å². The third kappa shape index (κ3) is 5.79. The Labute approximate surface area is 176 Å². The SMILES string of the molecule is CC(=O)c1ccc(OCC(=O)NCc2ccc(N3CC(C)OC(C)C3)c(F)c2)cc1. The van der Waals surface area contributed by atoms with Crippen molar-refractivity contribution in [2.75, 3.05) is 24.6 Å². The first kappa shape index (κ1) is 21.8. The van der Waals surface area contributed by atoms with Gasteiger partial charge in [-0.1, -0.05) is 6.07 Å². The molecule has 0 radical (unpaired) electrons. The highest BCUT2D eigenvalue weighted by atomic mass is 19.1. The van der Waals surface area contributed by atoms with E-state index in [-0.39, 0.29) is 42.9 Å². The molecule has 3 rings (SSSR count). The van der Waals surface area contributed by atoms with E-state index in [4.69, 9.17) is 9.47 Å². The number of morpholine rings is 1. The molecule has 0 spiro atoms. The van der Waals surface area contributed by atoms with Gasteiger partial charge in [0.05, 0.1) is 17.9 Å². The van der Waals surface area contributed by atoms with Crippen LogP contribution < -0.4 is 15.0 Å². The van der Waals surface area contributed by atoms with Crippen molar-refractivity contribution in [1.29, 1.82) is 0 Å². The molecule has 2 atom stereocenters. The summed E-state index contributed by atoms with van der Waals surface area (Å²) in [4.78, 5) is 25.3. The lowest BCUT2D eigenvalue weighted by molar-refractivity contribution is -0.123. The normalized spacial score (nSPS) is 18.7. The molecule has 1 aliphatic rings. The lowest BCUT2D eigenvalue weighted by Crippen LogP contribution is -2.45. The average molecular weight is 414 g/mol. The molecule has 7 heteroatoms. The zero-order valence-corrected chi connectivity index (χ0v) is 17.5. The van der Waals surface area contributed by atoms with Crippen molar-refractivity contribution in [1.82, 2.24) is 5.32 Å². The number of halogens is 1. The molecule has 30 heavy (non-hydrogen) atoms. The van der Waals surface area contributed by atoms with Crippen LogP contribution in [0.25, 0.3) is 0 Å². The zero-order chi connectivity index (χ0) is 21.7. The van der Waals surface area contributed by atoms with Crippen LogP contribution in [-0.2, 0) is 16.1 Å². The second-order valence-corrected chi connectivity index (χ2v) is 7.59. The minimum atomic E-state index is -0.315. The van der Waals surface area contributed by atoms with E-state index in [0.29, 0.717) is 35.7 Å². The van der Waals surface area contributed by atoms with Gasteiger partial charge in [0, 0.05) is 25.2 Å². The monoisotopic (exact) mass is 414 g/mol. The molecule has 1 aliphatic heterocycles. The molecule has 1 amide bonds. The Morgan fingerprint density at radius 2 is 1.80 bits per heavy atom. The summed E-state index contributed by atoms with van der Waals surface area (Å²) in [7, 11) is 0. The second kappa shape index (κ2) is 9.71. The van der Waals surface area contributed by atoms with Gasteiger partial charge in [0.2, 0.25) is 0 Å². The minimum absolute atomic E-state index is 0.0322. The number of rotatable bonds is 7. The van der Waals surface area contributed by atoms with Gasteiger partial charge in [-0.2, -0.15) is 0 Å². The Bertz CT molecular complexity index is 891. The Morgan fingerprint density at radius 1 is 1.13 bits per heavy atom. The molecule has 2 aromatic carbocycles. The Morgan fingerprint density at radius 3 is 2.40 bits per heavy atom. The van der Waals surface area contributed by atoms with Crippen LogP contribution in [0.3, 0.4) is 0 Å². The fourth-order valence-corrected chi connectivity index (χ4v) is 3.48. The lowest BCUT2D eigenvalue weighted by Gasteiger charge is -2.37. The number of amides is 1. The number of ketones is 1. The molecule has 1 saturated heterocycles. The number of hydrogen-bond acceptors (Lipinski definition) is 5. The lowest BCUT2D eigenvalue weighted by atomic mass is 10.1. The fraction of sp³-hybridized carbons (Fsp3) is 0.391. The van der Waals surface area contributed by atoms with Gasteiger partial charge < -0.3 is 19.7 Å². The Balaban J connectivity index is 1.50. The van der Waals surface area contributed by atoms with Gasteiger partial charge in [0.25, 0.3) is 5.91 Å². The smallest absolute Gasteiger partial charge is 0.258 e. The third-order valence-electron chi connectivity index (χ3n) is 4.89. The van der Waals surface area contributed by atoms with Crippen molar-refractivity contribution in [2.45, 2.75) is 39.5 Å². The number of ether oxygens (including phenoxy) is 2. The summed E-state index contributed by atoms with van der Waals surface area (Å²) in [6.07, 6.45) is 0.0940. The number of nitrogens with zero attached hydrogens (tertiary/aromatic N) is 1. The predicted octanol–water partition coefficient (Wildman–Crippen LogP) is 3.34. The van der Waals surface area contributed by atoms with Crippen LogP contribution in [0.4, 0.5) is 10.1 Å². The van der Waals surface area contributed by atoms with Gasteiger partial charge in [-0.3, -0.25) is 9.59 Å². The Hall–Kier alpha value is -2.93. The van der Waals surface area contributed by atoms with Crippen LogP contribution in [0.15, 0.2) is 42.5 Å². The van der Waals surface area contributed by atoms with Gasteiger partial charge in [-0.05, 0) is 62.7 Å². The van der Waals surface area contributed by atoms with E-state index in [1.54, 1.807) is 30.3 Å². The first-order valence-corrected chi connectivity index (χ1v) is 10.0. The van der Waals surface area contributed by atoms with E-state index in [1.807, 2.05) is 24.8 Å². The van der Waals surface area contributed by atoms with E-state index in [0.717, 1.165) is 0 Å². The summed E-state index contributed by atoms with van der Waals surface area (Å²) in [6, 6.07) is 11.6. The molecule has 2 unspecified atom stereocenters. The van der Waals surface area contributed by atoms with Crippen molar-refractivity contribution in [2.24, 2.45) is 0 Å². The van der Waals surface area contributed by atoms with Crippen molar-refractivity contribution < 1.29 is 23.5 Å². The highest BCUT2D eigenvalue weighted by Crippen LogP contribution is 2.24. The van der Waals surface area contributed by atoms with E-state index in [1.165, 1.54) is 13.0 Å². The molecule has 0 saturated carbocycles. The number of benzene rings is 2. The van der Waals surface area contributed by atoms with Crippen LogP contribution in [0.5, 0.6) is 5.75 Å². The van der Waals surface area contributed by atoms with Crippen LogP contribution in [0.1, 0.15) is 36.7 Å². The minimum Gasteiger partial charge on any atom is -0.484 e. The van der Waals surface area contributed by atoms with Gasteiger partial charge >= 0.3 is 0 Å². The maximum atomic E-state index is 14.6. The molecule has 160 valence electrons. The van der Waals surface area contributed by atoms with E-state index < -0.39 is 0 Å². The van der Waals surface area contributed by atoms with Crippen LogP contribution in [0, 0.1) is 5.82 Å². The predicted molar refractivity (Wildman–Crippen MR) is 112 cm³/mol. The molecular weight excluding hydrogens is 387 g/mol. The largest absolute Gasteiger partial charge is 0.484 e. The number of carbonyl (C=O) groups excluding carboxylic acids is 2. The van der Waals surface area contributed by atoms with Crippen molar-refractivity contribution in [3.8, 4) is 5.75 Å². The molecule has 1 fully saturated rings. The Kier molecular flexibility index (Phi) is 7.05. The van der Waals surface area contributed by atoms with E-state index in [9.17, 15) is 14.0 Å². The summed E-state index contributed by atoms with van der Waals surface area (Å²) in [5.74, 6) is -0.162. The maximum Gasteiger partial charge on any atom is 0.258 e. The summed E-state index contributed by atoms with van der Waals surface area (Å²) >= 11 is 0. The van der Waals surface area contributed by atoms with Crippen molar-refractivity contribution >= 4 is 17.4 Å². The van der Waals surface area contributed by atoms with Crippen molar-refractivity contribution in [3.05, 3.63) is 59.4 Å². The number of hydrogen-bond donors (Lipinski definition) is 1. The molecule has 0 bridgehead atoms. The standard InChI is InChI=1S/C23H27FN2O4/c1-15-12-26(13-16(2)30-15)22-9-4-18(10-21(22)24)11-25-23(28)14-29-20-7-5-19(6-8-20)17(3)27/h4-10,15-16H,11-14H2,1-3H3,(H,25,28). The summed E-state index contributed by atoms with van der Waals surface area (Å²) in [5, 5.41) is 2.72. The number of anilines is 1. The van der Waals surface area contributed by atoms with Gasteiger partial charge in [-0.15, -0.1) is 0 Å². The van der Waals surface area contributed by atoms with E-state index >= 15 is 0 Å². The number of Topliss-reactive ketones (excluding diaryl/α,β-unsaturated/α-hetero) is 1. The first-order valence-electron chi connectivity index (χ1n) is 10.0. The average Bonchev–Trinajstić information content (AvgIpc) is 2.70. The highest BCUT2D eigenvalue weighted by Gasteiger charge is 2.24. The summed E-state index contributed by atoms with van der Waals surface area (Å²) < 4.78 is 25.7. The van der Waals surface area contributed by atoms with Crippen molar-refractivity contribution in [3.63, 3.8) is 0 Å². The second-order valence-electron chi connectivity index (χ2n) is 7.59. The maximum absolute atomic E-state index is 14.6. The van der Waals surface area contributed by atoms with E-state index in [2.05, 4.69) is 5.32 Å². The topological polar surface area (TPSA) is 67.9 Å². The molecular formula is C23H27FN2O4. The first-order chi connectivity index (χ1) is 14.3. The quantitative estimate of drug-likeness (QED) is 0.704. The van der Waals surface area contributed by atoms with Gasteiger partial charge in [0.15, 0.2) is 12.4 Å². The van der Waals surface area contributed by atoms with Crippen LogP contribution in [0.2, 0.25) is 0 Å². The molecule has 6 nitrogen and oxygen atoms in total. The summed E-state index contributed by atoms with van der Waals surface area (Å²) in [6.45, 7) is 6.77. The molecule has 1 heterocycles. The molecule has 2 aromatic rings.